The molecule has 0 amide bonds. The number of para-hydroxylation sites is 1. The number of H-pyrrole nitrogens is 1. The topological polar surface area (TPSA) is 70.7 Å². The van der Waals surface area contributed by atoms with Gasteiger partial charge in [0.2, 0.25) is 0 Å². The van der Waals surface area contributed by atoms with Gasteiger partial charge in [-0.15, -0.1) is 0 Å². The molecule has 24 heavy (non-hydrogen) atoms. The van der Waals surface area contributed by atoms with Crippen molar-refractivity contribution >= 4 is 16.9 Å². The zero-order valence-corrected chi connectivity index (χ0v) is 14.6. The third-order valence-electron chi connectivity index (χ3n) is 3.78. The van der Waals surface area contributed by atoms with E-state index in [-0.39, 0.29) is 0 Å². The van der Waals surface area contributed by atoms with Gasteiger partial charge in [0.05, 0.1) is 13.2 Å². The van der Waals surface area contributed by atoms with Crippen LogP contribution in [0.2, 0.25) is 0 Å². The van der Waals surface area contributed by atoms with E-state index in [1.807, 2.05) is 6.07 Å². The van der Waals surface area contributed by atoms with E-state index in [2.05, 4.69) is 45.0 Å². The Morgan fingerprint density at radius 3 is 2.79 bits per heavy atom. The highest BCUT2D eigenvalue weighted by Crippen LogP contribution is 2.17. The molecule has 2 rings (SSSR count). The number of fused-ring (bicyclic) bond motifs is 1. The van der Waals surface area contributed by atoms with Crippen molar-refractivity contribution in [1.29, 1.82) is 0 Å². The van der Waals surface area contributed by atoms with Crippen LogP contribution in [0.1, 0.15) is 12.0 Å². The molecule has 132 valence electrons. The molecule has 6 nitrogen and oxygen atoms in total. The second-order valence-corrected chi connectivity index (χ2v) is 5.49. The average Bonchev–Trinajstić information content (AvgIpc) is 3.02. The highest BCUT2D eigenvalue weighted by atomic mass is 16.5. The second kappa shape index (κ2) is 10.7. The Morgan fingerprint density at radius 2 is 1.96 bits per heavy atom. The smallest absolute Gasteiger partial charge is 0.190 e. The van der Waals surface area contributed by atoms with Crippen LogP contribution in [0.25, 0.3) is 10.9 Å². The highest BCUT2D eigenvalue weighted by Gasteiger charge is 2.03. The largest absolute Gasteiger partial charge is 0.382 e. The maximum atomic E-state index is 5.43. The summed E-state index contributed by atoms with van der Waals surface area (Å²) in [5, 5.41) is 7.93. The molecule has 0 radical (unpaired) electrons. The minimum absolute atomic E-state index is 0.643. The lowest BCUT2D eigenvalue weighted by atomic mass is 10.1. The summed E-state index contributed by atoms with van der Waals surface area (Å²) in [5.41, 5.74) is 2.50. The third-order valence-corrected chi connectivity index (χ3v) is 3.78. The lowest BCUT2D eigenvalue weighted by Gasteiger charge is -2.11. The van der Waals surface area contributed by atoms with Gasteiger partial charge in [0.1, 0.15) is 0 Å². The van der Waals surface area contributed by atoms with E-state index in [1.165, 1.54) is 16.5 Å². The number of benzene rings is 1. The minimum Gasteiger partial charge on any atom is -0.382 e. The van der Waals surface area contributed by atoms with Crippen molar-refractivity contribution in [1.82, 2.24) is 15.6 Å². The predicted octanol–water partition coefficient (Wildman–Crippen LogP) is 1.93. The average molecular weight is 332 g/mol. The van der Waals surface area contributed by atoms with E-state index in [1.54, 1.807) is 14.2 Å². The van der Waals surface area contributed by atoms with Crippen LogP contribution < -0.4 is 10.6 Å². The van der Waals surface area contributed by atoms with Crippen molar-refractivity contribution in [3.05, 3.63) is 36.0 Å². The van der Waals surface area contributed by atoms with Gasteiger partial charge in [0.15, 0.2) is 5.96 Å². The molecule has 2 aromatic rings. The molecule has 0 aliphatic rings. The monoisotopic (exact) mass is 332 g/mol. The van der Waals surface area contributed by atoms with E-state index >= 15 is 0 Å². The first kappa shape index (κ1) is 18.3. The normalized spacial score (nSPS) is 11.8. The van der Waals surface area contributed by atoms with Gasteiger partial charge in [-0.3, -0.25) is 4.99 Å². The maximum Gasteiger partial charge on any atom is 0.190 e. The lowest BCUT2D eigenvalue weighted by molar-refractivity contribution is 0.0698. The molecule has 0 fully saturated rings. The Labute approximate surface area is 143 Å². The summed E-state index contributed by atoms with van der Waals surface area (Å²) < 4.78 is 10.4. The fourth-order valence-corrected chi connectivity index (χ4v) is 2.50. The number of nitrogens with one attached hydrogen (secondary N) is 3. The van der Waals surface area contributed by atoms with Crippen LogP contribution in [0.5, 0.6) is 0 Å². The molecule has 1 aromatic heterocycles. The Bertz CT molecular complexity index is 624. The van der Waals surface area contributed by atoms with Gasteiger partial charge in [-0.2, -0.15) is 0 Å². The van der Waals surface area contributed by atoms with Gasteiger partial charge in [-0.1, -0.05) is 18.2 Å². The van der Waals surface area contributed by atoms with Crippen LogP contribution >= 0.6 is 0 Å². The minimum atomic E-state index is 0.643. The molecule has 0 bridgehead atoms. The molecule has 3 N–H and O–H groups in total. The molecule has 6 heteroatoms. The summed E-state index contributed by atoms with van der Waals surface area (Å²) >= 11 is 0. The van der Waals surface area contributed by atoms with E-state index in [4.69, 9.17) is 9.47 Å². The molecule has 0 spiro atoms. The number of ether oxygens (including phenoxy) is 2. The summed E-state index contributed by atoms with van der Waals surface area (Å²) in [6, 6.07) is 8.37. The molecule has 0 saturated carbocycles. The van der Waals surface area contributed by atoms with Crippen LogP contribution in [-0.4, -0.2) is 58.0 Å². The van der Waals surface area contributed by atoms with E-state index in [0.29, 0.717) is 13.2 Å². The number of aliphatic imine (C=N–C) groups is 1. The molecule has 0 atom stereocenters. The van der Waals surface area contributed by atoms with Crippen LogP contribution in [0.4, 0.5) is 0 Å². The maximum absolute atomic E-state index is 5.43. The summed E-state index contributed by atoms with van der Waals surface area (Å²) in [4.78, 5) is 7.55. The van der Waals surface area contributed by atoms with Crippen LogP contribution in [-0.2, 0) is 15.9 Å². The van der Waals surface area contributed by atoms with Gasteiger partial charge in [0.25, 0.3) is 0 Å². The van der Waals surface area contributed by atoms with Crippen molar-refractivity contribution in [3.8, 4) is 0 Å². The van der Waals surface area contributed by atoms with E-state index in [0.717, 1.165) is 38.5 Å². The second-order valence-electron chi connectivity index (χ2n) is 5.49. The van der Waals surface area contributed by atoms with Crippen molar-refractivity contribution < 1.29 is 9.47 Å². The van der Waals surface area contributed by atoms with Crippen LogP contribution in [0.15, 0.2) is 35.5 Å². The molecule has 1 heterocycles. The first-order chi connectivity index (χ1) is 11.8. The van der Waals surface area contributed by atoms with Gasteiger partial charge < -0.3 is 25.1 Å². The third kappa shape index (κ3) is 5.86. The molecule has 1 aromatic carbocycles. The molecular formula is C18H28N4O2. The Hall–Kier alpha value is -2.05. The number of hydrogen-bond acceptors (Lipinski definition) is 3. The van der Waals surface area contributed by atoms with E-state index < -0.39 is 0 Å². The number of aromatic amines is 1. The number of guanidine groups is 1. The summed E-state index contributed by atoms with van der Waals surface area (Å²) in [6.07, 6.45) is 3.97. The number of methoxy groups -OCH3 is 1. The van der Waals surface area contributed by atoms with E-state index in [9.17, 15) is 0 Å². The van der Waals surface area contributed by atoms with Crippen molar-refractivity contribution in [2.75, 3.05) is 47.1 Å². The zero-order valence-electron chi connectivity index (χ0n) is 14.6. The molecule has 0 saturated heterocycles. The van der Waals surface area contributed by atoms with Crippen LogP contribution in [0, 0.1) is 0 Å². The summed E-state index contributed by atoms with van der Waals surface area (Å²) in [6.45, 7) is 3.69. The quantitative estimate of drug-likeness (QED) is 0.353. The first-order valence-electron chi connectivity index (χ1n) is 8.41. The molecule has 0 aliphatic heterocycles. The predicted molar refractivity (Wildman–Crippen MR) is 98.7 cm³/mol. The fraction of sp³-hybridized carbons (Fsp3) is 0.500. The van der Waals surface area contributed by atoms with Gasteiger partial charge >= 0.3 is 0 Å². The number of rotatable bonds is 10. The fourth-order valence-electron chi connectivity index (χ4n) is 2.50. The van der Waals surface area contributed by atoms with Gasteiger partial charge in [-0.05, 0) is 24.5 Å². The molecule has 0 unspecified atom stereocenters. The number of hydrogen-bond donors (Lipinski definition) is 3. The Morgan fingerprint density at radius 1 is 1.12 bits per heavy atom. The van der Waals surface area contributed by atoms with Gasteiger partial charge in [0, 0.05) is 51.0 Å². The highest BCUT2D eigenvalue weighted by molar-refractivity contribution is 5.83. The standard InChI is InChI=1S/C18H28N4O2/c1-19-18(20-9-5-11-24-13-12-23-2)21-10-8-15-14-22-17-7-4-3-6-16(15)17/h3-4,6-7,14,22H,5,8-13H2,1-2H3,(H2,19,20,21). The SMILES string of the molecule is CN=C(NCCCOCCOC)NCCc1c[nH]c2ccccc12. The first-order valence-corrected chi connectivity index (χ1v) is 8.41. The lowest BCUT2D eigenvalue weighted by Crippen LogP contribution is -2.39. The number of nitrogens with zero attached hydrogens (tertiary/aromatic N) is 1. The number of aromatic nitrogens is 1. The molecular weight excluding hydrogens is 304 g/mol. The summed E-state index contributed by atoms with van der Waals surface area (Å²) in [7, 11) is 3.47. The summed E-state index contributed by atoms with van der Waals surface area (Å²) in [5.74, 6) is 0.826. The van der Waals surface area contributed by atoms with Crippen molar-refractivity contribution in [3.63, 3.8) is 0 Å². The van der Waals surface area contributed by atoms with Gasteiger partial charge in [-0.25, -0.2) is 0 Å². The zero-order chi connectivity index (χ0) is 17.0. The Kier molecular flexibility index (Phi) is 8.13. The van der Waals surface area contributed by atoms with Crippen LogP contribution in [0.3, 0.4) is 0 Å². The van der Waals surface area contributed by atoms with Crippen molar-refractivity contribution in [2.24, 2.45) is 4.99 Å². The molecule has 0 aliphatic carbocycles. The Balaban J connectivity index is 1.63. The van der Waals surface area contributed by atoms with Crippen molar-refractivity contribution in [2.45, 2.75) is 12.8 Å².